The molecule has 0 radical (unpaired) electrons. The number of fused-ring (bicyclic) bond motifs is 1. The lowest BCUT2D eigenvalue weighted by Gasteiger charge is -2.34. The lowest BCUT2D eigenvalue weighted by molar-refractivity contribution is -0.130. The molecule has 1 N–H and O–H groups in total. The normalized spacial score (nSPS) is 14.3. The van der Waals surface area contributed by atoms with E-state index in [1.165, 1.54) is 0 Å². The summed E-state index contributed by atoms with van der Waals surface area (Å²) in [5.41, 5.74) is 3.05. The third kappa shape index (κ3) is 3.64. The summed E-state index contributed by atoms with van der Waals surface area (Å²) in [6, 6.07) is 9.36. The molecule has 0 unspecified atom stereocenters. The molecule has 1 aliphatic rings. The van der Waals surface area contributed by atoms with E-state index in [1.807, 2.05) is 41.1 Å². The third-order valence-electron chi connectivity index (χ3n) is 4.94. The minimum atomic E-state index is 0.0865. The Morgan fingerprint density at radius 1 is 1.25 bits per heavy atom. The number of rotatable bonds is 3. The number of halogens is 1. The van der Waals surface area contributed by atoms with Crippen molar-refractivity contribution in [2.24, 2.45) is 0 Å². The second-order valence-corrected chi connectivity index (χ2v) is 7.29. The Hall–Kier alpha value is -3.11. The number of hydrogen-bond donors (Lipinski definition) is 1. The maximum atomic E-state index is 12.8. The predicted octanol–water partition coefficient (Wildman–Crippen LogP) is 2.68. The predicted molar refractivity (Wildman–Crippen MR) is 107 cm³/mol. The Balaban J connectivity index is 1.42. The lowest BCUT2D eigenvalue weighted by atomic mass is 10.1. The van der Waals surface area contributed by atoms with E-state index in [-0.39, 0.29) is 5.91 Å². The topological polar surface area (TPSA) is 88.9 Å². The summed E-state index contributed by atoms with van der Waals surface area (Å²) in [5, 5.41) is 10.7. The molecule has 7 nitrogen and oxygen atoms in total. The SMILES string of the molecule is Cc1cc(C#N)nc(N2CCN(C(=O)Cc3c[nH]c4ccc(Cl)cc34)CC2)n1. The second-order valence-electron chi connectivity index (χ2n) is 6.85. The van der Waals surface area contributed by atoms with E-state index in [4.69, 9.17) is 16.9 Å². The molecule has 0 aliphatic carbocycles. The first kappa shape index (κ1) is 18.3. The van der Waals surface area contributed by atoms with Gasteiger partial charge < -0.3 is 14.8 Å². The molecule has 1 aliphatic heterocycles. The Morgan fingerprint density at radius 2 is 2.04 bits per heavy atom. The number of carbonyl (C=O) groups excluding carboxylic acids is 1. The molecule has 28 heavy (non-hydrogen) atoms. The summed E-state index contributed by atoms with van der Waals surface area (Å²) < 4.78 is 0. The average Bonchev–Trinajstić information content (AvgIpc) is 3.09. The van der Waals surface area contributed by atoms with Crippen LogP contribution in [0, 0.1) is 18.3 Å². The highest BCUT2D eigenvalue weighted by Crippen LogP contribution is 2.23. The number of piperazine rings is 1. The van der Waals surface area contributed by atoms with Crippen LogP contribution in [0.3, 0.4) is 0 Å². The molecule has 1 fully saturated rings. The van der Waals surface area contributed by atoms with Crippen molar-refractivity contribution in [1.82, 2.24) is 19.9 Å². The summed E-state index contributed by atoms with van der Waals surface area (Å²) in [7, 11) is 0. The maximum Gasteiger partial charge on any atom is 0.227 e. The van der Waals surface area contributed by atoms with Gasteiger partial charge in [-0.05, 0) is 36.8 Å². The molecule has 8 heteroatoms. The Kier molecular flexibility index (Phi) is 4.88. The van der Waals surface area contributed by atoms with E-state index in [0.717, 1.165) is 22.2 Å². The van der Waals surface area contributed by atoms with Crippen molar-refractivity contribution in [2.75, 3.05) is 31.1 Å². The summed E-state index contributed by atoms with van der Waals surface area (Å²) in [4.78, 5) is 28.5. The van der Waals surface area contributed by atoms with Crippen molar-refractivity contribution in [3.05, 3.63) is 52.4 Å². The molecule has 1 aromatic carbocycles. The van der Waals surface area contributed by atoms with Gasteiger partial charge in [-0.2, -0.15) is 5.26 Å². The Morgan fingerprint density at radius 3 is 2.79 bits per heavy atom. The fourth-order valence-electron chi connectivity index (χ4n) is 3.48. The molecule has 3 heterocycles. The molecular formula is C20H19ClN6O. The van der Waals surface area contributed by atoms with Gasteiger partial charge in [0.05, 0.1) is 6.42 Å². The Bertz CT molecular complexity index is 1080. The highest BCUT2D eigenvalue weighted by molar-refractivity contribution is 6.31. The number of aromatic nitrogens is 3. The summed E-state index contributed by atoms with van der Waals surface area (Å²) in [6.07, 6.45) is 2.21. The quantitative estimate of drug-likeness (QED) is 0.737. The Labute approximate surface area is 167 Å². The van der Waals surface area contributed by atoms with E-state index in [2.05, 4.69) is 21.0 Å². The van der Waals surface area contributed by atoms with Crippen LogP contribution in [0.1, 0.15) is 17.0 Å². The first-order valence-electron chi connectivity index (χ1n) is 9.07. The van der Waals surface area contributed by atoms with Crippen LogP contribution in [0.2, 0.25) is 5.02 Å². The number of nitrogens with one attached hydrogen (secondary N) is 1. The van der Waals surface area contributed by atoms with E-state index in [0.29, 0.717) is 49.3 Å². The zero-order chi connectivity index (χ0) is 19.7. The van der Waals surface area contributed by atoms with Crippen molar-refractivity contribution in [1.29, 1.82) is 5.26 Å². The van der Waals surface area contributed by atoms with Gasteiger partial charge in [0.15, 0.2) is 0 Å². The highest BCUT2D eigenvalue weighted by Gasteiger charge is 2.23. The molecular weight excluding hydrogens is 376 g/mol. The van der Waals surface area contributed by atoms with E-state index in [1.54, 1.807) is 6.07 Å². The number of H-pyrrole nitrogens is 1. The van der Waals surface area contributed by atoms with Crippen molar-refractivity contribution < 1.29 is 4.79 Å². The van der Waals surface area contributed by atoms with Crippen LogP contribution in [-0.2, 0) is 11.2 Å². The molecule has 3 aromatic rings. The molecule has 1 saturated heterocycles. The number of anilines is 1. The first-order valence-corrected chi connectivity index (χ1v) is 9.45. The summed E-state index contributed by atoms with van der Waals surface area (Å²) in [5.74, 6) is 0.637. The van der Waals surface area contributed by atoms with Crippen LogP contribution < -0.4 is 4.90 Å². The fourth-order valence-corrected chi connectivity index (χ4v) is 3.65. The van der Waals surface area contributed by atoms with Crippen molar-refractivity contribution in [3.8, 4) is 6.07 Å². The van der Waals surface area contributed by atoms with Gasteiger partial charge in [-0.3, -0.25) is 4.79 Å². The van der Waals surface area contributed by atoms with Crippen LogP contribution in [0.5, 0.6) is 0 Å². The zero-order valence-electron chi connectivity index (χ0n) is 15.4. The van der Waals surface area contributed by atoms with Crippen LogP contribution in [0.4, 0.5) is 5.95 Å². The van der Waals surface area contributed by atoms with Crippen molar-refractivity contribution in [2.45, 2.75) is 13.3 Å². The molecule has 142 valence electrons. The maximum absolute atomic E-state index is 12.8. The van der Waals surface area contributed by atoms with E-state index in [9.17, 15) is 4.79 Å². The highest BCUT2D eigenvalue weighted by atomic mass is 35.5. The van der Waals surface area contributed by atoms with Gasteiger partial charge in [-0.15, -0.1) is 0 Å². The van der Waals surface area contributed by atoms with E-state index >= 15 is 0 Å². The monoisotopic (exact) mass is 394 g/mol. The number of carbonyl (C=O) groups is 1. The van der Waals surface area contributed by atoms with Gasteiger partial charge in [0, 0.05) is 54.0 Å². The molecule has 0 saturated carbocycles. The number of nitrogens with zero attached hydrogens (tertiary/aromatic N) is 5. The van der Waals surface area contributed by atoms with Crippen LogP contribution >= 0.6 is 11.6 Å². The summed E-state index contributed by atoms with van der Waals surface area (Å²) in [6.45, 7) is 4.32. The van der Waals surface area contributed by atoms with E-state index < -0.39 is 0 Å². The van der Waals surface area contributed by atoms with Crippen molar-refractivity contribution in [3.63, 3.8) is 0 Å². The third-order valence-corrected chi connectivity index (χ3v) is 5.18. The van der Waals surface area contributed by atoms with Gasteiger partial charge >= 0.3 is 0 Å². The van der Waals surface area contributed by atoms with Gasteiger partial charge in [0.1, 0.15) is 11.8 Å². The first-order chi connectivity index (χ1) is 13.5. The van der Waals surface area contributed by atoms with Crippen LogP contribution in [0.25, 0.3) is 10.9 Å². The number of aryl methyl sites for hydroxylation is 1. The smallest absolute Gasteiger partial charge is 0.227 e. The van der Waals surface area contributed by atoms with Gasteiger partial charge in [0.2, 0.25) is 11.9 Å². The van der Waals surface area contributed by atoms with Gasteiger partial charge in [-0.25, -0.2) is 9.97 Å². The molecule has 1 amide bonds. The minimum absolute atomic E-state index is 0.0865. The zero-order valence-corrected chi connectivity index (χ0v) is 16.2. The second kappa shape index (κ2) is 7.49. The van der Waals surface area contributed by atoms with Crippen LogP contribution in [0.15, 0.2) is 30.5 Å². The number of hydrogen-bond acceptors (Lipinski definition) is 5. The van der Waals surface area contributed by atoms with Gasteiger partial charge in [0.25, 0.3) is 0 Å². The minimum Gasteiger partial charge on any atom is -0.361 e. The standard InChI is InChI=1S/C20H19ClN6O/c1-13-8-16(11-22)25-20(24-13)27-6-4-26(5-7-27)19(28)9-14-12-23-18-3-2-15(21)10-17(14)18/h2-3,8,10,12,23H,4-7,9H2,1H3. The number of amides is 1. The summed E-state index contributed by atoms with van der Waals surface area (Å²) >= 11 is 6.09. The molecule has 2 aromatic heterocycles. The molecule has 4 rings (SSSR count). The van der Waals surface area contributed by atoms with Gasteiger partial charge in [-0.1, -0.05) is 11.6 Å². The molecule has 0 spiro atoms. The van der Waals surface area contributed by atoms with Crippen molar-refractivity contribution >= 4 is 34.4 Å². The molecule has 0 atom stereocenters. The fraction of sp³-hybridized carbons (Fsp3) is 0.300. The number of aromatic amines is 1. The lowest BCUT2D eigenvalue weighted by Crippen LogP contribution is -2.49. The average molecular weight is 395 g/mol. The largest absolute Gasteiger partial charge is 0.361 e. The number of nitriles is 1. The van der Waals surface area contributed by atoms with Crippen LogP contribution in [-0.4, -0.2) is 51.9 Å². The molecule has 0 bridgehead atoms. The number of benzene rings is 1.